The van der Waals surface area contributed by atoms with Gasteiger partial charge in [-0.25, -0.2) is 5.01 Å². The summed E-state index contributed by atoms with van der Waals surface area (Å²) in [7, 11) is 0. The van der Waals surface area contributed by atoms with E-state index in [0.717, 1.165) is 5.71 Å². The average Bonchev–Trinajstić information content (AvgIpc) is 2.17. The summed E-state index contributed by atoms with van der Waals surface area (Å²) in [4.78, 5) is 11.3. The molecule has 72 valence electrons. The second-order valence-electron chi connectivity index (χ2n) is 2.71. The second-order valence-corrected chi connectivity index (χ2v) is 2.96. The number of rotatable bonds is 3. The molecule has 1 amide bonds. The number of hydrazone groups is 1. The highest BCUT2D eigenvalue weighted by atomic mass is 35.5. The van der Waals surface area contributed by atoms with Gasteiger partial charge in [-0.2, -0.15) is 5.10 Å². The molecule has 0 fully saturated rings. The van der Waals surface area contributed by atoms with E-state index in [2.05, 4.69) is 5.10 Å². The summed E-state index contributed by atoms with van der Waals surface area (Å²) in [5.74, 6) is 0.0203. The Morgan fingerprint density at radius 3 is 3.00 bits per heavy atom. The summed E-state index contributed by atoms with van der Waals surface area (Å²) in [5.41, 5.74) is 7.66. The molecule has 0 spiro atoms. The molecule has 1 heterocycles. The van der Waals surface area contributed by atoms with Gasteiger partial charge in [0.05, 0.1) is 12.3 Å². The van der Waals surface area contributed by atoms with Crippen molar-refractivity contribution in [3.05, 3.63) is 11.6 Å². The van der Waals surface area contributed by atoms with E-state index in [0.29, 0.717) is 25.9 Å². The third-order valence-electron chi connectivity index (χ3n) is 1.78. The van der Waals surface area contributed by atoms with Gasteiger partial charge in [0.1, 0.15) is 0 Å². The monoisotopic (exact) mass is 201 g/mol. The van der Waals surface area contributed by atoms with E-state index in [9.17, 15) is 4.79 Å². The maximum atomic E-state index is 11.3. The van der Waals surface area contributed by atoms with Crippen molar-refractivity contribution in [3.8, 4) is 0 Å². The first-order valence-electron chi connectivity index (χ1n) is 4.10. The van der Waals surface area contributed by atoms with Gasteiger partial charge in [0, 0.05) is 18.5 Å². The van der Waals surface area contributed by atoms with Gasteiger partial charge in [0.15, 0.2) is 0 Å². The van der Waals surface area contributed by atoms with Crippen LogP contribution in [-0.2, 0) is 4.79 Å². The molecule has 1 aliphatic heterocycles. The molecule has 0 saturated carbocycles. The Bertz CT molecular complexity index is 250. The number of carbonyl (C=O) groups is 1. The molecule has 1 aliphatic rings. The Kier molecular flexibility index (Phi) is 3.92. The average molecular weight is 202 g/mol. The Labute approximate surface area is 82.0 Å². The SMILES string of the molecule is NCC1=NN(C/C=C/Cl)C(=O)CC1. The Morgan fingerprint density at radius 1 is 1.62 bits per heavy atom. The van der Waals surface area contributed by atoms with Crippen LogP contribution in [0.4, 0.5) is 0 Å². The lowest BCUT2D eigenvalue weighted by Gasteiger charge is -2.21. The van der Waals surface area contributed by atoms with Crippen molar-refractivity contribution in [2.75, 3.05) is 13.1 Å². The topological polar surface area (TPSA) is 58.7 Å². The maximum Gasteiger partial charge on any atom is 0.243 e. The van der Waals surface area contributed by atoms with Crippen LogP contribution in [0, 0.1) is 0 Å². The number of amides is 1. The van der Waals surface area contributed by atoms with Crippen molar-refractivity contribution in [2.45, 2.75) is 12.8 Å². The van der Waals surface area contributed by atoms with Crippen molar-refractivity contribution < 1.29 is 4.79 Å². The van der Waals surface area contributed by atoms with E-state index >= 15 is 0 Å². The van der Waals surface area contributed by atoms with E-state index in [4.69, 9.17) is 17.3 Å². The molecule has 0 bridgehead atoms. The summed E-state index contributed by atoms with van der Waals surface area (Å²) in [6, 6.07) is 0. The van der Waals surface area contributed by atoms with Crippen LogP contribution in [0.3, 0.4) is 0 Å². The van der Waals surface area contributed by atoms with Gasteiger partial charge in [-0.15, -0.1) is 0 Å². The molecule has 2 N–H and O–H groups in total. The van der Waals surface area contributed by atoms with Crippen LogP contribution in [0.5, 0.6) is 0 Å². The van der Waals surface area contributed by atoms with Gasteiger partial charge in [0.2, 0.25) is 5.91 Å². The summed E-state index contributed by atoms with van der Waals surface area (Å²) < 4.78 is 0. The predicted octanol–water partition coefficient (Wildman–Crippen LogP) is 0.676. The van der Waals surface area contributed by atoms with Gasteiger partial charge in [0.25, 0.3) is 0 Å². The highest BCUT2D eigenvalue weighted by molar-refractivity contribution is 6.25. The molecule has 1 rings (SSSR count). The van der Waals surface area contributed by atoms with Gasteiger partial charge >= 0.3 is 0 Å². The summed E-state index contributed by atoms with van der Waals surface area (Å²) >= 11 is 5.35. The highest BCUT2D eigenvalue weighted by Gasteiger charge is 2.17. The van der Waals surface area contributed by atoms with Crippen molar-refractivity contribution in [3.63, 3.8) is 0 Å². The van der Waals surface area contributed by atoms with Crippen molar-refractivity contribution in [1.82, 2.24) is 5.01 Å². The molecule has 0 atom stereocenters. The zero-order valence-corrected chi connectivity index (χ0v) is 8.00. The molecule has 0 aromatic rings. The summed E-state index contributed by atoms with van der Waals surface area (Å²) in [6.07, 6.45) is 2.84. The van der Waals surface area contributed by atoms with E-state index in [-0.39, 0.29) is 5.91 Å². The third kappa shape index (κ3) is 2.82. The van der Waals surface area contributed by atoms with E-state index in [1.165, 1.54) is 10.5 Å². The van der Waals surface area contributed by atoms with Crippen LogP contribution in [0.2, 0.25) is 0 Å². The summed E-state index contributed by atoms with van der Waals surface area (Å²) in [5, 5.41) is 5.48. The van der Waals surface area contributed by atoms with Crippen LogP contribution in [0.15, 0.2) is 16.7 Å². The standard InChI is InChI=1S/C8H12ClN3O/c9-4-1-5-12-8(13)3-2-7(6-10)11-12/h1,4H,2-3,5-6,10H2/b4-1+. The zero-order chi connectivity index (χ0) is 9.68. The fourth-order valence-electron chi connectivity index (χ4n) is 1.08. The predicted molar refractivity (Wildman–Crippen MR) is 52.4 cm³/mol. The zero-order valence-electron chi connectivity index (χ0n) is 7.24. The van der Waals surface area contributed by atoms with Crippen LogP contribution >= 0.6 is 11.6 Å². The first-order chi connectivity index (χ1) is 6.27. The molecule has 0 unspecified atom stereocenters. The van der Waals surface area contributed by atoms with Crippen LogP contribution in [-0.4, -0.2) is 29.7 Å². The van der Waals surface area contributed by atoms with Crippen molar-refractivity contribution >= 4 is 23.2 Å². The molecule has 5 heteroatoms. The molecular formula is C8H12ClN3O. The lowest BCUT2D eigenvalue weighted by Crippen LogP contribution is -2.34. The van der Waals surface area contributed by atoms with Gasteiger partial charge in [-0.1, -0.05) is 17.7 Å². The van der Waals surface area contributed by atoms with Crippen molar-refractivity contribution in [2.24, 2.45) is 10.8 Å². The Hall–Kier alpha value is -0.870. The van der Waals surface area contributed by atoms with Crippen LogP contribution in [0.25, 0.3) is 0 Å². The van der Waals surface area contributed by atoms with Gasteiger partial charge in [-0.05, 0) is 6.42 Å². The molecule has 0 saturated heterocycles. The molecular weight excluding hydrogens is 190 g/mol. The fraction of sp³-hybridized carbons (Fsp3) is 0.500. The number of nitrogens with two attached hydrogens (primary N) is 1. The first kappa shape index (κ1) is 10.2. The number of nitrogens with zero attached hydrogens (tertiary/aromatic N) is 2. The molecule has 0 radical (unpaired) electrons. The molecule has 0 aliphatic carbocycles. The van der Waals surface area contributed by atoms with Crippen LogP contribution < -0.4 is 5.73 Å². The Morgan fingerprint density at radius 2 is 2.38 bits per heavy atom. The maximum absolute atomic E-state index is 11.3. The summed E-state index contributed by atoms with van der Waals surface area (Å²) in [6.45, 7) is 0.834. The fourth-order valence-corrected chi connectivity index (χ4v) is 1.16. The third-order valence-corrected chi connectivity index (χ3v) is 1.96. The number of hydrogen-bond acceptors (Lipinski definition) is 3. The van der Waals surface area contributed by atoms with E-state index in [1.54, 1.807) is 6.08 Å². The molecule has 0 aromatic heterocycles. The number of hydrogen-bond donors (Lipinski definition) is 1. The number of carbonyl (C=O) groups excluding carboxylic acids is 1. The molecule has 4 nitrogen and oxygen atoms in total. The lowest BCUT2D eigenvalue weighted by atomic mass is 10.2. The minimum absolute atomic E-state index is 0.0203. The lowest BCUT2D eigenvalue weighted by molar-refractivity contribution is -0.131. The van der Waals surface area contributed by atoms with Gasteiger partial charge in [-0.3, -0.25) is 4.79 Å². The second kappa shape index (κ2) is 4.99. The van der Waals surface area contributed by atoms with E-state index in [1.807, 2.05) is 0 Å². The van der Waals surface area contributed by atoms with Crippen molar-refractivity contribution in [1.29, 1.82) is 0 Å². The minimum Gasteiger partial charge on any atom is -0.325 e. The smallest absolute Gasteiger partial charge is 0.243 e. The molecule has 0 aromatic carbocycles. The quantitative estimate of drug-likeness (QED) is 0.730. The Balaban J connectivity index is 2.63. The number of halogens is 1. The van der Waals surface area contributed by atoms with E-state index < -0.39 is 0 Å². The highest BCUT2D eigenvalue weighted by Crippen LogP contribution is 2.08. The normalized spacial score (nSPS) is 18.2. The molecule has 13 heavy (non-hydrogen) atoms. The first-order valence-corrected chi connectivity index (χ1v) is 4.53. The minimum atomic E-state index is 0.0203. The van der Waals surface area contributed by atoms with Crippen LogP contribution in [0.1, 0.15) is 12.8 Å². The largest absolute Gasteiger partial charge is 0.325 e. The van der Waals surface area contributed by atoms with Gasteiger partial charge < -0.3 is 5.73 Å².